The Bertz CT molecular complexity index is 729. The van der Waals surface area contributed by atoms with Crippen molar-refractivity contribution in [3.05, 3.63) is 59.8 Å². The maximum absolute atomic E-state index is 12.4. The molecule has 1 N–H and O–H groups in total. The second-order valence-electron chi connectivity index (χ2n) is 5.53. The molecule has 0 bridgehead atoms. The van der Waals surface area contributed by atoms with Crippen molar-refractivity contribution >= 4 is 11.9 Å². The first kappa shape index (κ1) is 17.6. The topological polar surface area (TPSA) is 73.5 Å². The highest BCUT2D eigenvalue weighted by molar-refractivity contribution is 5.93. The monoisotopic (exact) mass is 330 g/mol. The second-order valence-corrected chi connectivity index (χ2v) is 5.53. The van der Waals surface area contributed by atoms with Gasteiger partial charge in [0.15, 0.2) is 6.10 Å². The predicted octanol–water partition coefficient (Wildman–Crippen LogP) is 2.59. The molecule has 0 aliphatic heterocycles. The van der Waals surface area contributed by atoms with Crippen molar-refractivity contribution in [2.45, 2.75) is 33.4 Å². The van der Waals surface area contributed by atoms with E-state index in [0.717, 1.165) is 17.1 Å². The van der Waals surface area contributed by atoms with Crippen molar-refractivity contribution in [2.75, 3.05) is 6.54 Å². The van der Waals surface area contributed by atoms with E-state index in [2.05, 4.69) is 11.9 Å². The van der Waals surface area contributed by atoms with Gasteiger partial charge in [-0.2, -0.15) is 0 Å². The number of esters is 1. The Morgan fingerprint density at radius 3 is 2.83 bits per heavy atom. The number of rotatable bonds is 7. The zero-order valence-electron chi connectivity index (χ0n) is 14.2. The molecule has 0 aliphatic rings. The van der Waals surface area contributed by atoms with Crippen LogP contribution >= 0.6 is 0 Å². The predicted molar refractivity (Wildman–Crippen MR) is 89.8 cm³/mol. The average Bonchev–Trinajstić information content (AvgIpc) is 3.16. The molecule has 2 heterocycles. The molecule has 0 saturated carbocycles. The van der Waals surface area contributed by atoms with E-state index >= 15 is 0 Å². The van der Waals surface area contributed by atoms with Gasteiger partial charge in [0.1, 0.15) is 5.76 Å². The van der Waals surface area contributed by atoms with Gasteiger partial charge in [-0.3, -0.25) is 4.79 Å². The quantitative estimate of drug-likeness (QED) is 0.625. The van der Waals surface area contributed by atoms with E-state index in [9.17, 15) is 9.59 Å². The summed E-state index contributed by atoms with van der Waals surface area (Å²) in [5, 5.41) is 2.60. The Morgan fingerprint density at radius 1 is 1.46 bits per heavy atom. The molecule has 0 unspecified atom stereocenters. The smallest absolute Gasteiger partial charge is 0.340 e. The van der Waals surface area contributed by atoms with Crippen LogP contribution in [0.15, 0.2) is 41.5 Å². The summed E-state index contributed by atoms with van der Waals surface area (Å²) in [6.07, 6.45) is 2.31. The van der Waals surface area contributed by atoms with E-state index < -0.39 is 12.1 Å². The van der Waals surface area contributed by atoms with Gasteiger partial charge in [-0.1, -0.05) is 6.08 Å². The van der Waals surface area contributed by atoms with Crippen LogP contribution in [0.5, 0.6) is 0 Å². The van der Waals surface area contributed by atoms with E-state index in [4.69, 9.17) is 9.15 Å². The molecule has 0 aliphatic carbocycles. The molecule has 2 aromatic heterocycles. The number of aryl methyl sites for hydroxylation is 1. The van der Waals surface area contributed by atoms with Crippen LogP contribution in [-0.4, -0.2) is 29.1 Å². The van der Waals surface area contributed by atoms with Gasteiger partial charge in [0.25, 0.3) is 5.91 Å². The van der Waals surface area contributed by atoms with E-state index in [1.54, 1.807) is 25.3 Å². The van der Waals surface area contributed by atoms with Gasteiger partial charge in [-0.25, -0.2) is 4.79 Å². The molecular weight excluding hydrogens is 308 g/mol. The number of carbonyl (C=O) groups excluding carboxylic acids is 2. The van der Waals surface area contributed by atoms with Gasteiger partial charge >= 0.3 is 5.97 Å². The number of ether oxygens (including phenoxy) is 1. The van der Waals surface area contributed by atoms with Crippen molar-refractivity contribution in [3.8, 4) is 0 Å². The highest BCUT2D eigenvalue weighted by Gasteiger charge is 2.22. The van der Waals surface area contributed by atoms with Crippen molar-refractivity contribution < 1.29 is 18.7 Å². The summed E-state index contributed by atoms with van der Waals surface area (Å²) < 4.78 is 12.6. The highest BCUT2D eigenvalue weighted by atomic mass is 16.5. The molecule has 6 nitrogen and oxygen atoms in total. The van der Waals surface area contributed by atoms with Crippen LogP contribution < -0.4 is 5.32 Å². The van der Waals surface area contributed by atoms with Crippen molar-refractivity contribution in [1.29, 1.82) is 0 Å². The first-order valence-electron chi connectivity index (χ1n) is 7.72. The van der Waals surface area contributed by atoms with Gasteiger partial charge in [-0.05, 0) is 39.0 Å². The maximum Gasteiger partial charge on any atom is 0.340 e. The first-order chi connectivity index (χ1) is 11.4. The lowest BCUT2D eigenvalue weighted by molar-refractivity contribution is -0.128. The molecule has 0 fully saturated rings. The first-order valence-corrected chi connectivity index (χ1v) is 7.72. The van der Waals surface area contributed by atoms with Crippen LogP contribution in [0, 0.1) is 13.8 Å². The summed E-state index contributed by atoms with van der Waals surface area (Å²) in [5.74, 6) is -0.0726. The molecule has 0 aromatic carbocycles. The van der Waals surface area contributed by atoms with E-state index in [1.807, 2.05) is 30.5 Å². The molecule has 6 heteroatoms. The minimum absolute atomic E-state index is 0.332. The summed E-state index contributed by atoms with van der Waals surface area (Å²) in [6, 6.07) is 5.46. The number of nitrogens with one attached hydrogen (secondary N) is 1. The number of amides is 1. The van der Waals surface area contributed by atoms with Crippen LogP contribution in [0.2, 0.25) is 0 Å². The van der Waals surface area contributed by atoms with Crippen LogP contribution in [0.25, 0.3) is 0 Å². The summed E-state index contributed by atoms with van der Waals surface area (Å²) >= 11 is 0. The number of hydrogen-bond donors (Lipinski definition) is 1. The standard InChI is InChI=1S/C18H22N2O4/c1-5-8-19-17(21)14(4)24-18(22)16-10-12(2)20(13(16)3)11-15-7-6-9-23-15/h5-7,9-10,14H,1,8,11H2,2-4H3,(H,19,21)/t14-/m1/s1. The molecule has 0 saturated heterocycles. The van der Waals surface area contributed by atoms with Crippen molar-refractivity contribution in [3.63, 3.8) is 0 Å². The van der Waals surface area contributed by atoms with Gasteiger partial charge < -0.3 is 19.0 Å². The van der Waals surface area contributed by atoms with Gasteiger partial charge in [0.05, 0.1) is 18.4 Å². The average molecular weight is 330 g/mol. The Kier molecular flexibility index (Phi) is 5.63. The zero-order chi connectivity index (χ0) is 17.7. The third-order valence-corrected chi connectivity index (χ3v) is 3.76. The molecular formula is C18H22N2O4. The zero-order valence-corrected chi connectivity index (χ0v) is 14.2. The fraction of sp³-hybridized carbons (Fsp3) is 0.333. The second kappa shape index (κ2) is 7.68. The lowest BCUT2D eigenvalue weighted by atomic mass is 10.2. The molecule has 0 radical (unpaired) electrons. The van der Waals surface area contributed by atoms with Crippen LogP contribution in [-0.2, 0) is 16.1 Å². The minimum Gasteiger partial charge on any atom is -0.467 e. The van der Waals surface area contributed by atoms with Crippen LogP contribution in [0.3, 0.4) is 0 Å². The summed E-state index contributed by atoms with van der Waals surface area (Å²) in [6.45, 7) is 9.68. The molecule has 2 rings (SSSR count). The summed E-state index contributed by atoms with van der Waals surface area (Å²) in [4.78, 5) is 24.1. The summed E-state index contributed by atoms with van der Waals surface area (Å²) in [7, 11) is 0. The number of nitrogens with zero attached hydrogens (tertiary/aromatic N) is 1. The molecule has 1 amide bonds. The molecule has 0 spiro atoms. The van der Waals surface area contributed by atoms with E-state index in [1.165, 1.54) is 0 Å². The lowest BCUT2D eigenvalue weighted by Gasteiger charge is -2.13. The molecule has 24 heavy (non-hydrogen) atoms. The van der Waals surface area contributed by atoms with Crippen molar-refractivity contribution in [1.82, 2.24) is 9.88 Å². The fourth-order valence-electron chi connectivity index (χ4n) is 2.40. The lowest BCUT2D eigenvalue weighted by Crippen LogP contribution is -2.35. The minimum atomic E-state index is -0.870. The number of furan rings is 1. The number of hydrogen-bond acceptors (Lipinski definition) is 4. The third-order valence-electron chi connectivity index (χ3n) is 3.76. The van der Waals surface area contributed by atoms with Crippen molar-refractivity contribution in [2.24, 2.45) is 0 Å². The Morgan fingerprint density at radius 2 is 2.21 bits per heavy atom. The maximum atomic E-state index is 12.4. The van der Waals surface area contributed by atoms with Crippen LogP contribution in [0.4, 0.5) is 0 Å². The molecule has 1 atom stereocenters. The van der Waals surface area contributed by atoms with Gasteiger partial charge in [-0.15, -0.1) is 6.58 Å². The Hall–Kier alpha value is -2.76. The van der Waals surface area contributed by atoms with Crippen LogP contribution in [0.1, 0.15) is 34.4 Å². The number of aromatic nitrogens is 1. The number of carbonyl (C=O) groups is 2. The fourth-order valence-corrected chi connectivity index (χ4v) is 2.40. The summed E-state index contributed by atoms with van der Waals surface area (Å²) in [5.41, 5.74) is 2.13. The van der Waals surface area contributed by atoms with Gasteiger partial charge in [0, 0.05) is 17.9 Å². The normalized spacial score (nSPS) is 11.8. The SMILES string of the molecule is C=CCNC(=O)[C@@H](C)OC(=O)c1cc(C)n(Cc2ccco2)c1C. The Balaban J connectivity index is 2.10. The highest BCUT2D eigenvalue weighted by Crippen LogP contribution is 2.19. The molecule has 128 valence electrons. The third kappa shape index (κ3) is 3.95. The van der Waals surface area contributed by atoms with E-state index in [0.29, 0.717) is 18.7 Å². The van der Waals surface area contributed by atoms with E-state index in [-0.39, 0.29) is 5.91 Å². The largest absolute Gasteiger partial charge is 0.467 e. The van der Waals surface area contributed by atoms with Gasteiger partial charge in [0.2, 0.25) is 0 Å². The Labute approximate surface area is 141 Å². The molecule has 2 aromatic rings.